The first-order chi connectivity index (χ1) is 16.2. The predicted octanol–water partition coefficient (Wildman–Crippen LogP) is 5.07. The first-order valence-corrected chi connectivity index (χ1v) is 12.7. The van der Waals surface area contributed by atoms with Crippen molar-refractivity contribution in [1.29, 1.82) is 0 Å². The lowest BCUT2D eigenvalue weighted by atomic mass is 10.1. The fourth-order valence-electron chi connectivity index (χ4n) is 3.85. The van der Waals surface area contributed by atoms with E-state index in [-0.39, 0.29) is 5.91 Å². The minimum atomic E-state index is 0.0632. The Balaban J connectivity index is 1.40. The maximum Gasteiger partial charge on any atom is 0.254 e. The normalized spacial score (nSPS) is 13.9. The third-order valence-corrected chi connectivity index (χ3v) is 7.44. The maximum absolute atomic E-state index is 12.9. The zero-order chi connectivity index (χ0) is 22.6. The van der Waals surface area contributed by atoms with Gasteiger partial charge in [0.05, 0.1) is 23.8 Å². The van der Waals surface area contributed by atoms with Crippen molar-refractivity contribution in [3.63, 3.8) is 0 Å². The van der Waals surface area contributed by atoms with E-state index >= 15 is 0 Å². The van der Waals surface area contributed by atoms with Gasteiger partial charge in [0.1, 0.15) is 0 Å². The van der Waals surface area contributed by atoms with Crippen LogP contribution in [0.2, 0.25) is 0 Å². The van der Waals surface area contributed by atoms with E-state index in [1.807, 2.05) is 41.3 Å². The fourth-order valence-corrected chi connectivity index (χ4v) is 5.44. The van der Waals surface area contributed by atoms with E-state index in [0.29, 0.717) is 32.1 Å². The summed E-state index contributed by atoms with van der Waals surface area (Å²) >= 11 is 3.28. The number of rotatable bonds is 6. The number of carbonyl (C=O) groups excluding carboxylic acids is 1. The molecule has 0 bridgehead atoms. The van der Waals surface area contributed by atoms with Crippen molar-refractivity contribution < 1.29 is 9.53 Å². The summed E-state index contributed by atoms with van der Waals surface area (Å²) in [5.74, 6) is 1.60. The first-order valence-electron chi connectivity index (χ1n) is 10.8. The number of hydrogen-bond acceptors (Lipinski definition) is 6. The number of thioether (sulfide) groups is 1. The predicted molar refractivity (Wildman–Crippen MR) is 132 cm³/mol. The van der Waals surface area contributed by atoms with Crippen LogP contribution >= 0.6 is 23.1 Å². The Kier molecular flexibility index (Phi) is 6.57. The number of carbonyl (C=O) groups is 1. The van der Waals surface area contributed by atoms with Crippen LogP contribution < -0.4 is 0 Å². The van der Waals surface area contributed by atoms with Crippen LogP contribution in [-0.2, 0) is 10.5 Å². The summed E-state index contributed by atoms with van der Waals surface area (Å²) in [6.45, 7) is 4.58. The third-order valence-electron chi connectivity index (χ3n) is 5.57. The smallest absolute Gasteiger partial charge is 0.254 e. The fraction of sp³-hybridized carbons (Fsp3) is 0.240. The summed E-state index contributed by atoms with van der Waals surface area (Å²) < 4.78 is 7.50. The Bertz CT molecular complexity index is 1250. The van der Waals surface area contributed by atoms with Gasteiger partial charge in [-0.1, -0.05) is 48.2 Å². The highest BCUT2D eigenvalue weighted by Gasteiger charge is 2.20. The molecule has 0 aliphatic carbocycles. The molecule has 4 aromatic rings. The summed E-state index contributed by atoms with van der Waals surface area (Å²) in [4.78, 5) is 15.8. The molecule has 1 aliphatic heterocycles. The molecule has 0 N–H and O–H groups in total. The molecule has 0 radical (unpaired) electrons. The van der Waals surface area contributed by atoms with Gasteiger partial charge in [0, 0.05) is 24.4 Å². The average Bonchev–Trinajstić information content (AvgIpc) is 3.53. The molecule has 8 heteroatoms. The van der Waals surface area contributed by atoms with Crippen molar-refractivity contribution in [2.75, 3.05) is 26.3 Å². The molecular formula is C25H24N4O2S2. The van der Waals surface area contributed by atoms with Gasteiger partial charge in [-0.25, -0.2) is 0 Å². The second-order valence-electron chi connectivity index (χ2n) is 7.80. The molecule has 2 aromatic carbocycles. The number of morpholine rings is 1. The second-order valence-corrected chi connectivity index (χ2v) is 9.69. The zero-order valence-electron chi connectivity index (χ0n) is 18.3. The number of ether oxygens (including phenoxy) is 1. The number of thiophene rings is 1. The number of aryl methyl sites for hydroxylation is 1. The van der Waals surface area contributed by atoms with E-state index < -0.39 is 0 Å². The van der Waals surface area contributed by atoms with Crippen molar-refractivity contribution in [3.05, 3.63) is 82.7 Å². The van der Waals surface area contributed by atoms with E-state index in [0.717, 1.165) is 38.2 Å². The van der Waals surface area contributed by atoms with Gasteiger partial charge in [-0.2, -0.15) is 0 Å². The largest absolute Gasteiger partial charge is 0.378 e. The summed E-state index contributed by atoms with van der Waals surface area (Å²) in [5.41, 5.74) is 4.03. The average molecular weight is 477 g/mol. The van der Waals surface area contributed by atoms with Gasteiger partial charge in [0.25, 0.3) is 5.91 Å². The van der Waals surface area contributed by atoms with E-state index in [1.165, 1.54) is 0 Å². The molecule has 1 aliphatic rings. The molecule has 5 rings (SSSR count). The molecule has 1 saturated heterocycles. The number of para-hydroxylation sites is 1. The van der Waals surface area contributed by atoms with Crippen molar-refractivity contribution in [3.8, 4) is 16.4 Å². The van der Waals surface area contributed by atoms with Crippen LogP contribution in [0.15, 0.2) is 71.2 Å². The lowest BCUT2D eigenvalue weighted by molar-refractivity contribution is 0.0303. The van der Waals surface area contributed by atoms with Crippen LogP contribution in [-0.4, -0.2) is 51.9 Å². The Morgan fingerprint density at radius 3 is 2.70 bits per heavy atom. The van der Waals surface area contributed by atoms with Crippen molar-refractivity contribution >= 4 is 29.0 Å². The molecule has 0 spiro atoms. The van der Waals surface area contributed by atoms with Crippen molar-refractivity contribution in [1.82, 2.24) is 19.7 Å². The molecule has 3 heterocycles. The van der Waals surface area contributed by atoms with E-state index in [2.05, 4.69) is 51.3 Å². The minimum absolute atomic E-state index is 0.0632. The van der Waals surface area contributed by atoms with Crippen LogP contribution in [0.25, 0.3) is 16.4 Å². The quantitative estimate of drug-likeness (QED) is 0.364. The highest BCUT2D eigenvalue weighted by atomic mass is 32.2. The Morgan fingerprint density at radius 1 is 1.06 bits per heavy atom. The number of hydrogen-bond donors (Lipinski definition) is 0. The molecule has 168 valence electrons. The zero-order valence-corrected chi connectivity index (χ0v) is 19.9. The van der Waals surface area contributed by atoms with Crippen LogP contribution in [0.4, 0.5) is 0 Å². The molecular weight excluding hydrogens is 452 g/mol. The molecule has 6 nitrogen and oxygen atoms in total. The molecule has 0 atom stereocenters. The number of benzene rings is 2. The topological polar surface area (TPSA) is 60.2 Å². The molecule has 0 saturated carbocycles. The molecule has 33 heavy (non-hydrogen) atoms. The van der Waals surface area contributed by atoms with Gasteiger partial charge in [-0.05, 0) is 47.7 Å². The standard InChI is InChI=1S/C25H24N4O2S2/c1-18-6-2-3-9-21(18)29-23(22-10-5-15-32-22)26-27-25(29)33-17-19-7-4-8-20(16-19)24(30)28-11-13-31-14-12-28/h2-10,15-16H,11-14,17H2,1H3. The Morgan fingerprint density at radius 2 is 1.91 bits per heavy atom. The van der Waals surface area contributed by atoms with Crippen LogP contribution in [0, 0.1) is 6.92 Å². The van der Waals surface area contributed by atoms with E-state index in [4.69, 9.17) is 4.74 Å². The van der Waals surface area contributed by atoms with Gasteiger partial charge in [-0.15, -0.1) is 21.5 Å². The summed E-state index contributed by atoms with van der Waals surface area (Å²) in [6.07, 6.45) is 0. The molecule has 2 aromatic heterocycles. The van der Waals surface area contributed by atoms with Crippen LogP contribution in [0.3, 0.4) is 0 Å². The lowest BCUT2D eigenvalue weighted by Crippen LogP contribution is -2.40. The van der Waals surface area contributed by atoms with Gasteiger partial charge >= 0.3 is 0 Å². The Labute approximate surface area is 201 Å². The SMILES string of the molecule is Cc1ccccc1-n1c(SCc2cccc(C(=O)N3CCOCC3)c2)nnc1-c1cccs1. The number of aromatic nitrogens is 3. The number of nitrogens with zero attached hydrogens (tertiary/aromatic N) is 4. The Hall–Kier alpha value is -2.94. The third kappa shape index (κ3) is 4.73. The summed E-state index contributed by atoms with van der Waals surface area (Å²) in [6, 6.07) is 20.2. The second kappa shape index (κ2) is 9.91. The van der Waals surface area contributed by atoms with E-state index in [1.54, 1.807) is 23.1 Å². The van der Waals surface area contributed by atoms with Gasteiger partial charge in [-0.3, -0.25) is 9.36 Å². The molecule has 1 fully saturated rings. The van der Waals surface area contributed by atoms with Gasteiger partial charge < -0.3 is 9.64 Å². The summed E-state index contributed by atoms with van der Waals surface area (Å²) in [7, 11) is 0. The monoisotopic (exact) mass is 476 g/mol. The minimum Gasteiger partial charge on any atom is -0.378 e. The highest BCUT2D eigenvalue weighted by molar-refractivity contribution is 7.98. The maximum atomic E-state index is 12.9. The van der Waals surface area contributed by atoms with Gasteiger partial charge in [0.15, 0.2) is 11.0 Å². The highest BCUT2D eigenvalue weighted by Crippen LogP contribution is 2.32. The van der Waals surface area contributed by atoms with Crippen molar-refractivity contribution in [2.24, 2.45) is 0 Å². The number of amides is 1. The first kappa shape index (κ1) is 21.9. The van der Waals surface area contributed by atoms with Gasteiger partial charge in [0.2, 0.25) is 0 Å². The van der Waals surface area contributed by atoms with Crippen molar-refractivity contribution in [2.45, 2.75) is 17.8 Å². The molecule has 1 amide bonds. The summed E-state index contributed by atoms with van der Waals surface area (Å²) in [5, 5.41) is 11.9. The lowest BCUT2D eigenvalue weighted by Gasteiger charge is -2.27. The van der Waals surface area contributed by atoms with Crippen LogP contribution in [0.5, 0.6) is 0 Å². The van der Waals surface area contributed by atoms with Crippen LogP contribution in [0.1, 0.15) is 21.5 Å². The molecule has 0 unspecified atom stereocenters. The van der Waals surface area contributed by atoms with E-state index in [9.17, 15) is 4.79 Å².